The quantitative estimate of drug-likeness (QED) is 0.844. The Hall–Kier alpha value is -1.13. The molecule has 2 saturated heterocycles. The molecule has 2 atom stereocenters. The fraction of sp³-hybridized carbons (Fsp3) is 0.462. The minimum absolute atomic E-state index is 0.0869. The average Bonchev–Trinajstić information content (AvgIpc) is 2.89. The van der Waals surface area contributed by atoms with Gasteiger partial charge in [0.1, 0.15) is 5.82 Å². The Morgan fingerprint density at radius 1 is 1.44 bits per heavy atom. The van der Waals surface area contributed by atoms with Gasteiger partial charge < -0.3 is 10.2 Å². The normalized spacial score (nSPS) is 26.4. The van der Waals surface area contributed by atoms with E-state index in [1.165, 1.54) is 18.2 Å². The molecule has 0 radical (unpaired) electrons. The number of carbonyl (C=O) groups is 1. The topological polar surface area (TPSA) is 32.3 Å². The highest BCUT2D eigenvalue weighted by Gasteiger charge is 2.40. The first-order valence-corrected chi connectivity index (χ1v) is 6.51. The SMILES string of the molecule is O=C(c1ccc(F)cc1Cl)N1CC[C@H]2CNC[C@H]21. The molecule has 3 rings (SSSR count). The van der Waals surface area contributed by atoms with Crippen molar-refractivity contribution in [2.75, 3.05) is 19.6 Å². The van der Waals surface area contributed by atoms with E-state index in [4.69, 9.17) is 11.6 Å². The van der Waals surface area contributed by atoms with E-state index in [0.717, 1.165) is 26.1 Å². The molecule has 96 valence electrons. The van der Waals surface area contributed by atoms with E-state index in [0.29, 0.717) is 11.5 Å². The van der Waals surface area contributed by atoms with E-state index in [1.54, 1.807) is 0 Å². The second-order valence-corrected chi connectivity index (χ2v) is 5.30. The molecule has 5 heteroatoms. The molecule has 0 bridgehead atoms. The lowest BCUT2D eigenvalue weighted by atomic mass is 10.0. The number of nitrogens with zero attached hydrogens (tertiary/aromatic N) is 1. The Morgan fingerprint density at radius 3 is 3.06 bits per heavy atom. The van der Waals surface area contributed by atoms with Crippen LogP contribution in [0.2, 0.25) is 5.02 Å². The number of fused-ring (bicyclic) bond motifs is 1. The van der Waals surface area contributed by atoms with Crippen LogP contribution in [0.25, 0.3) is 0 Å². The summed E-state index contributed by atoms with van der Waals surface area (Å²) in [6.07, 6.45) is 1.03. The third-order valence-electron chi connectivity index (χ3n) is 3.87. The number of nitrogens with one attached hydrogen (secondary N) is 1. The Bertz CT molecular complexity index is 494. The molecule has 1 N–H and O–H groups in total. The summed E-state index contributed by atoms with van der Waals surface area (Å²) < 4.78 is 13.0. The standard InChI is InChI=1S/C13H14ClFN2O/c14-11-5-9(15)1-2-10(11)13(18)17-4-3-8-6-16-7-12(8)17/h1-2,5,8,12,16H,3-4,6-7H2/t8-,12+/m0/s1. The van der Waals surface area contributed by atoms with Crippen LogP contribution in [0.1, 0.15) is 16.8 Å². The summed E-state index contributed by atoms with van der Waals surface area (Å²) in [7, 11) is 0. The van der Waals surface area contributed by atoms with Crippen molar-refractivity contribution in [1.29, 1.82) is 0 Å². The van der Waals surface area contributed by atoms with Crippen LogP contribution in [-0.2, 0) is 0 Å². The number of hydrogen-bond donors (Lipinski definition) is 1. The number of carbonyl (C=O) groups excluding carboxylic acids is 1. The van der Waals surface area contributed by atoms with Crippen LogP contribution in [0.15, 0.2) is 18.2 Å². The second-order valence-electron chi connectivity index (χ2n) is 4.90. The zero-order chi connectivity index (χ0) is 12.7. The van der Waals surface area contributed by atoms with Gasteiger partial charge in [0.2, 0.25) is 0 Å². The van der Waals surface area contributed by atoms with Crippen LogP contribution in [0.3, 0.4) is 0 Å². The Kier molecular flexibility index (Phi) is 2.99. The molecule has 0 aliphatic carbocycles. The van der Waals surface area contributed by atoms with Crippen molar-refractivity contribution < 1.29 is 9.18 Å². The Morgan fingerprint density at radius 2 is 2.28 bits per heavy atom. The first kappa shape index (κ1) is 11.9. The molecule has 1 aromatic rings. The molecular weight excluding hydrogens is 255 g/mol. The number of likely N-dealkylation sites (tertiary alicyclic amines) is 1. The first-order valence-electron chi connectivity index (χ1n) is 6.13. The van der Waals surface area contributed by atoms with Gasteiger partial charge in [-0.2, -0.15) is 0 Å². The summed E-state index contributed by atoms with van der Waals surface area (Å²) in [6.45, 7) is 2.59. The summed E-state index contributed by atoms with van der Waals surface area (Å²) in [5.74, 6) is 0.0442. The minimum Gasteiger partial charge on any atom is -0.334 e. The first-order chi connectivity index (χ1) is 8.66. The zero-order valence-electron chi connectivity index (χ0n) is 9.83. The van der Waals surface area contributed by atoms with Crippen molar-refractivity contribution in [3.63, 3.8) is 0 Å². The third-order valence-corrected chi connectivity index (χ3v) is 4.18. The number of amides is 1. The molecule has 3 nitrogen and oxygen atoms in total. The molecule has 18 heavy (non-hydrogen) atoms. The zero-order valence-corrected chi connectivity index (χ0v) is 10.6. The van der Waals surface area contributed by atoms with Crippen molar-refractivity contribution >= 4 is 17.5 Å². The lowest BCUT2D eigenvalue weighted by molar-refractivity contribution is 0.0737. The molecule has 1 aromatic carbocycles. The molecule has 2 aliphatic rings. The Balaban J connectivity index is 1.86. The second kappa shape index (κ2) is 4.52. The van der Waals surface area contributed by atoms with Crippen molar-refractivity contribution in [1.82, 2.24) is 10.2 Å². The molecular formula is C13H14ClFN2O. The van der Waals surface area contributed by atoms with Gasteiger partial charge in [-0.1, -0.05) is 11.6 Å². The summed E-state index contributed by atoms with van der Waals surface area (Å²) in [4.78, 5) is 14.3. The minimum atomic E-state index is -0.418. The largest absolute Gasteiger partial charge is 0.334 e. The van der Waals surface area contributed by atoms with Crippen LogP contribution in [0.4, 0.5) is 4.39 Å². The number of rotatable bonds is 1. The van der Waals surface area contributed by atoms with Gasteiger partial charge in [0.25, 0.3) is 5.91 Å². The van der Waals surface area contributed by atoms with Crippen LogP contribution < -0.4 is 5.32 Å². The third kappa shape index (κ3) is 1.89. The maximum Gasteiger partial charge on any atom is 0.255 e. The van der Waals surface area contributed by atoms with Crippen molar-refractivity contribution in [3.05, 3.63) is 34.6 Å². The van der Waals surface area contributed by atoms with Gasteiger partial charge in [0.15, 0.2) is 0 Å². The molecule has 0 spiro atoms. The number of benzene rings is 1. The van der Waals surface area contributed by atoms with E-state index in [9.17, 15) is 9.18 Å². The highest BCUT2D eigenvalue weighted by atomic mass is 35.5. The molecule has 1 amide bonds. The summed E-state index contributed by atoms with van der Waals surface area (Å²) in [5.41, 5.74) is 0.394. The van der Waals surface area contributed by atoms with Crippen LogP contribution >= 0.6 is 11.6 Å². The van der Waals surface area contributed by atoms with Crippen molar-refractivity contribution in [2.24, 2.45) is 5.92 Å². The van der Waals surface area contributed by atoms with Crippen LogP contribution in [0.5, 0.6) is 0 Å². The highest BCUT2D eigenvalue weighted by Crippen LogP contribution is 2.30. The average molecular weight is 269 g/mol. The molecule has 2 aliphatic heterocycles. The van der Waals surface area contributed by atoms with E-state index in [1.807, 2.05) is 4.90 Å². The lowest BCUT2D eigenvalue weighted by Crippen LogP contribution is -2.39. The molecule has 2 heterocycles. The van der Waals surface area contributed by atoms with Gasteiger partial charge in [-0.15, -0.1) is 0 Å². The van der Waals surface area contributed by atoms with Crippen LogP contribution in [0, 0.1) is 11.7 Å². The maximum atomic E-state index is 13.0. The predicted octanol–water partition coefficient (Wildman–Crippen LogP) is 1.91. The van der Waals surface area contributed by atoms with E-state index in [2.05, 4.69) is 5.32 Å². The van der Waals surface area contributed by atoms with E-state index < -0.39 is 5.82 Å². The highest BCUT2D eigenvalue weighted by molar-refractivity contribution is 6.33. The molecule has 0 aromatic heterocycles. The van der Waals surface area contributed by atoms with Gasteiger partial charge >= 0.3 is 0 Å². The van der Waals surface area contributed by atoms with Crippen molar-refractivity contribution in [3.8, 4) is 0 Å². The Labute approximate surface area is 110 Å². The fourth-order valence-corrected chi connectivity index (χ4v) is 3.17. The van der Waals surface area contributed by atoms with E-state index >= 15 is 0 Å². The fourth-order valence-electron chi connectivity index (χ4n) is 2.92. The lowest BCUT2D eigenvalue weighted by Gasteiger charge is -2.23. The van der Waals surface area contributed by atoms with Gasteiger partial charge in [0.05, 0.1) is 10.6 Å². The van der Waals surface area contributed by atoms with Crippen molar-refractivity contribution in [2.45, 2.75) is 12.5 Å². The summed E-state index contributed by atoms with van der Waals surface area (Å²) in [5, 5.41) is 3.49. The molecule has 0 unspecified atom stereocenters. The summed E-state index contributed by atoms with van der Waals surface area (Å²) in [6, 6.07) is 4.20. The van der Waals surface area contributed by atoms with Crippen LogP contribution in [-0.4, -0.2) is 36.5 Å². The number of hydrogen-bond acceptors (Lipinski definition) is 2. The monoisotopic (exact) mass is 268 g/mol. The number of halogens is 2. The summed E-state index contributed by atoms with van der Waals surface area (Å²) >= 11 is 5.94. The predicted molar refractivity (Wildman–Crippen MR) is 67.2 cm³/mol. The molecule has 0 saturated carbocycles. The molecule has 2 fully saturated rings. The smallest absolute Gasteiger partial charge is 0.255 e. The van der Waals surface area contributed by atoms with E-state index in [-0.39, 0.29) is 17.0 Å². The van der Waals surface area contributed by atoms with Gasteiger partial charge in [-0.05, 0) is 30.5 Å². The maximum absolute atomic E-state index is 13.0. The van der Waals surface area contributed by atoms with Gasteiger partial charge in [-0.3, -0.25) is 4.79 Å². The van der Waals surface area contributed by atoms with Gasteiger partial charge in [0, 0.05) is 25.7 Å². The van der Waals surface area contributed by atoms with Gasteiger partial charge in [-0.25, -0.2) is 4.39 Å².